The average Bonchev–Trinajstić information content (AvgIpc) is 4.11. The molecule has 6 bridgehead atoms. The Hall–Kier alpha value is -5.27. The fourth-order valence-corrected chi connectivity index (χ4v) is 11.5. The molecule has 1 spiro atoms. The highest BCUT2D eigenvalue weighted by Gasteiger charge is 2.53. The summed E-state index contributed by atoms with van der Waals surface area (Å²) in [5.74, 6) is -0.896. The molecule has 9 rings (SSSR count). The molecule has 4 atom stereocenters. The second-order valence-electron chi connectivity index (χ2n) is 20.3. The van der Waals surface area contributed by atoms with Crippen LogP contribution in [0.2, 0.25) is 0 Å². The number of hydrogen-bond acceptors (Lipinski definition) is 9. The molecule has 13 nitrogen and oxygen atoms in total. The van der Waals surface area contributed by atoms with E-state index in [0.29, 0.717) is 50.9 Å². The molecule has 5 aliphatic rings. The van der Waals surface area contributed by atoms with E-state index in [1.807, 2.05) is 23.2 Å². The number of rotatable bonds is 7. The Morgan fingerprint density at radius 3 is 2.56 bits per heavy atom. The number of aromatic nitrogens is 2. The number of pyridine rings is 1. The number of carbonyl (C=O) groups excluding carboxylic acids is 4. The average molecular weight is 872 g/mol. The van der Waals surface area contributed by atoms with Crippen LogP contribution in [0, 0.1) is 16.7 Å². The molecule has 1 saturated carbocycles. The minimum atomic E-state index is -1.06. The molecule has 6 heterocycles. The molecular formula is C51H65N7O6. The Balaban J connectivity index is 1.14. The van der Waals surface area contributed by atoms with Crippen molar-refractivity contribution in [2.45, 2.75) is 129 Å². The van der Waals surface area contributed by atoms with E-state index >= 15 is 0 Å². The third kappa shape index (κ3) is 8.30. The minimum Gasteiger partial charge on any atom is -0.508 e. The van der Waals surface area contributed by atoms with Gasteiger partial charge in [0.2, 0.25) is 11.8 Å². The number of likely N-dealkylation sites (tertiary alicyclic amines) is 1. The van der Waals surface area contributed by atoms with Gasteiger partial charge in [-0.2, -0.15) is 0 Å². The first-order valence-electron chi connectivity index (χ1n) is 23.8. The maximum absolute atomic E-state index is 14.9. The number of amides is 3. The quantitative estimate of drug-likeness (QED) is 0.150. The van der Waals surface area contributed by atoms with Crippen molar-refractivity contribution in [3.05, 3.63) is 71.5 Å². The van der Waals surface area contributed by atoms with Crippen LogP contribution in [0.25, 0.3) is 33.3 Å². The maximum atomic E-state index is 14.9. The fourth-order valence-electron chi connectivity index (χ4n) is 11.5. The number of benzene rings is 2. The van der Waals surface area contributed by atoms with Gasteiger partial charge in [0.1, 0.15) is 23.9 Å². The van der Waals surface area contributed by atoms with E-state index < -0.39 is 34.9 Å². The van der Waals surface area contributed by atoms with E-state index in [9.17, 15) is 24.3 Å². The topological polar surface area (TPSA) is 158 Å². The fraction of sp³-hybridized carbons (Fsp3) is 0.549. The standard InChI is InChI=1S/C51H65N7O6/c1-6-56-42-16-15-34-27-38(42)39(45(56)37-13-9-19-53-43(37)31(2)3)28-50(4,5)30-64-48(62)40-14-10-21-58(55-40)47(61)41(25-32-23-35(34)26-36(59)24-32)54-46(60)44(33-11-7-8-12-33)57-22-18-51(49(57)63)17-20-52-29-51/h9,13,15-16,19,23-24,26-27,31,33,40-41,44,52,55,59H,6-8,10-12,14,17-18,20-22,25,28-30H2,1-5H3,(H,54,60)/t40-,41-,44-,51-/m0/s1. The highest BCUT2D eigenvalue weighted by atomic mass is 16.5. The van der Waals surface area contributed by atoms with Crippen LogP contribution in [0.3, 0.4) is 0 Å². The van der Waals surface area contributed by atoms with Crippen LogP contribution in [0.4, 0.5) is 0 Å². The Bertz CT molecular complexity index is 2450. The summed E-state index contributed by atoms with van der Waals surface area (Å²) in [6.45, 7) is 13.8. The molecule has 4 aromatic rings. The number of aromatic hydroxyl groups is 1. The van der Waals surface area contributed by atoms with Crippen molar-refractivity contribution in [2.24, 2.45) is 16.7 Å². The largest absolute Gasteiger partial charge is 0.508 e. The smallest absolute Gasteiger partial charge is 0.324 e. The number of aryl methyl sites for hydroxylation is 1. The van der Waals surface area contributed by atoms with Gasteiger partial charge in [0.05, 0.1) is 23.4 Å². The molecule has 4 N–H and O–H groups in total. The van der Waals surface area contributed by atoms with E-state index in [4.69, 9.17) is 9.72 Å². The molecule has 13 heteroatoms. The van der Waals surface area contributed by atoms with Gasteiger partial charge < -0.3 is 29.9 Å². The lowest BCUT2D eigenvalue weighted by Gasteiger charge is -2.37. The van der Waals surface area contributed by atoms with E-state index in [-0.39, 0.29) is 48.3 Å². The minimum absolute atomic E-state index is 0.00956. The van der Waals surface area contributed by atoms with Gasteiger partial charge in [-0.25, -0.2) is 5.43 Å². The molecule has 2 aromatic heterocycles. The molecular weight excluding hydrogens is 807 g/mol. The third-order valence-electron chi connectivity index (χ3n) is 14.7. The van der Waals surface area contributed by atoms with Crippen LogP contribution in [-0.4, -0.2) is 99.2 Å². The first-order chi connectivity index (χ1) is 30.8. The zero-order chi connectivity index (χ0) is 44.9. The van der Waals surface area contributed by atoms with Crippen molar-refractivity contribution in [1.29, 1.82) is 0 Å². The van der Waals surface area contributed by atoms with Gasteiger partial charge in [0.25, 0.3) is 5.91 Å². The van der Waals surface area contributed by atoms with E-state index in [0.717, 1.165) is 89.7 Å². The Kier molecular flexibility index (Phi) is 12.1. The van der Waals surface area contributed by atoms with Crippen LogP contribution in [0.1, 0.15) is 109 Å². The summed E-state index contributed by atoms with van der Waals surface area (Å²) < 4.78 is 8.51. The summed E-state index contributed by atoms with van der Waals surface area (Å²) in [6, 6.07) is 13.4. The molecule has 1 aliphatic carbocycles. The number of hydrazine groups is 1. The van der Waals surface area contributed by atoms with Gasteiger partial charge in [-0.05, 0) is 129 Å². The molecule has 4 aliphatic heterocycles. The van der Waals surface area contributed by atoms with E-state index in [2.05, 4.69) is 79.5 Å². The van der Waals surface area contributed by atoms with E-state index in [1.54, 1.807) is 12.1 Å². The van der Waals surface area contributed by atoms with Crippen molar-refractivity contribution >= 4 is 34.6 Å². The van der Waals surface area contributed by atoms with Crippen molar-refractivity contribution in [2.75, 3.05) is 32.8 Å². The zero-order valence-corrected chi connectivity index (χ0v) is 38.2. The number of phenols is 1. The second kappa shape index (κ2) is 17.6. The normalized spacial score (nSPS) is 24.8. The number of cyclic esters (lactones) is 1. The summed E-state index contributed by atoms with van der Waals surface area (Å²) in [6.07, 6.45) is 8.71. The predicted octanol–water partition coefficient (Wildman–Crippen LogP) is 6.64. The first-order valence-corrected chi connectivity index (χ1v) is 23.8. The van der Waals surface area contributed by atoms with Crippen LogP contribution in [-0.2, 0) is 43.3 Å². The van der Waals surface area contributed by atoms with Gasteiger partial charge in [-0.3, -0.25) is 29.2 Å². The van der Waals surface area contributed by atoms with Crippen molar-refractivity contribution in [3.63, 3.8) is 0 Å². The highest BCUT2D eigenvalue weighted by Crippen LogP contribution is 2.44. The van der Waals surface area contributed by atoms with Gasteiger partial charge >= 0.3 is 5.97 Å². The van der Waals surface area contributed by atoms with Crippen LogP contribution < -0.4 is 16.1 Å². The lowest BCUT2D eigenvalue weighted by atomic mass is 9.83. The number of carbonyl (C=O) groups is 4. The van der Waals surface area contributed by atoms with Crippen molar-refractivity contribution in [3.8, 4) is 28.1 Å². The number of esters is 1. The predicted molar refractivity (Wildman–Crippen MR) is 246 cm³/mol. The van der Waals surface area contributed by atoms with Crippen molar-refractivity contribution in [1.82, 2.24) is 35.5 Å². The van der Waals surface area contributed by atoms with Crippen LogP contribution in [0.5, 0.6) is 5.75 Å². The second-order valence-corrected chi connectivity index (χ2v) is 20.3. The summed E-state index contributed by atoms with van der Waals surface area (Å²) >= 11 is 0. The highest BCUT2D eigenvalue weighted by molar-refractivity contribution is 5.96. The molecule has 0 radical (unpaired) electrons. The lowest BCUT2D eigenvalue weighted by molar-refractivity contribution is -0.155. The van der Waals surface area contributed by atoms with E-state index in [1.165, 1.54) is 5.01 Å². The monoisotopic (exact) mass is 871 g/mol. The summed E-state index contributed by atoms with van der Waals surface area (Å²) in [5.41, 5.74) is 9.94. The Labute approximate surface area is 376 Å². The Morgan fingerprint density at radius 2 is 1.81 bits per heavy atom. The van der Waals surface area contributed by atoms with Gasteiger partial charge in [-0.1, -0.05) is 52.7 Å². The molecule has 340 valence electrons. The summed E-state index contributed by atoms with van der Waals surface area (Å²) in [4.78, 5) is 64.5. The molecule has 2 aromatic carbocycles. The number of nitrogens with one attached hydrogen (secondary N) is 3. The SMILES string of the molecule is CCn1c(-c2cccnc2C(C)C)c2c3cc(ccc31)-c1cc(O)cc(c1)C[C@H](NC(=O)[C@H](C1CCCC1)N1CC[C@]3(CCNC3)C1=O)C(=O)N1CCC[C@H](N1)C(=O)OCC(C)(C)C2. The number of ether oxygens (including phenoxy) is 1. The maximum Gasteiger partial charge on any atom is 0.324 e. The number of fused-ring (bicyclic) bond motifs is 6. The Morgan fingerprint density at radius 1 is 1.00 bits per heavy atom. The molecule has 0 unspecified atom stereocenters. The number of nitrogens with zero attached hydrogens (tertiary/aromatic N) is 4. The summed E-state index contributed by atoms with van der Waals surface area (Å²) in [5, 5.41) is 20.4. The number of phenolic OH excluding ortho intramolecular Hbond substituents is 1. The molecule has 3 amide bonds. The van der Waals surface area contributed by atoms with Crippen LogP contribution >= 0.6 is 0 Å². The molecule has 4 fully saturated rings. The van der Waals surface area contributed by atoms with Crippen LogP contribution in [0.15, 0.2) is 54.7 Å². The molecule has 3 saturated heterocycles. The lowest BCUT2D eigenvalue weighted by Crippen LogP contribution is -2.62. The van der Waals surface area contributed by atoms with Gasteiger partial charge in [0.15, 0.2) is 0 Å². The third-order valence-corrected chi connectivity index (χ3v) is 14.7. The molecule has 64 heavy (non-hydrogen) atoms. The number of hydrogen-bond donors (Lipinski definition) is 4. The van der Waals surface area contributed by atoms with Gasteiger partial charge in [-0.15, -0.1) is 0 Å². The first kappa shape index (κ1) is 44.0. The van der Waals surface area contributed by atoms with Crippen molar-refractivity contribution < 1.29 is 29.0 Å². The van der Waals surface area contributed by atoms with Gasteiger partial charge in [0, 0.05) is 60.7 Å². The zero-order valence-electron chi connectivity index (χ0n) is 38.2. The summed E-state index contributed by atoms with van der Waals surface area (Å²) in [7, 11) is 0.